The van der Waals surface area contributed by atoms with Crippen LogP contribution in [0.15, 0.2) is 48.5 Å². The summed E-state index contributed by atoms with van der Waals surface area (Å²) in [6.07, 6.45) is 0.776. The molecule has 0 spiro atoms. The quantitative estimate of drug-likeness (QED) is 0.732. The van der Waals surface area contributed by atoms with Crippen LogP contribution in [0.5, 0.6) is 0 Å². The van der Waals surface area contributed by atoms with Crippen molar-refractivity contribution in [1.29, 1.82) is 0 Å². The fourth-order valence-electron chi connectivity index (χ4n) is 3.44. The van der Waals surface area contributed by atoms with Crippen LogP contribution in [0.25, 0.3) is 0 Å². The maximum Gasteiger partial charge on any atom is 0.277 e. The van der Waals surface area contributed by atoms with E-state index in [1.807, 2.05) is 31.2 Å². The second-order valence-electron chi connectivity index (χ2n) is 6.82. The average Bonchev–Trinajstić information content (AvgIpc) is 2.98. The van der Waals surface area contributed by atoms with E-state index in [9.17, 15) is 13.6 Å². The zero-order chi connectivity index (χ0) is 19.8. The van der Waals surface area contributed by atoms with Crippen molar-refractivity contribution in [2.45, 2.75) is 26.3 Å². The summed E-state index contributed by atoms with van der Waals surface area (Å²) >= 11 is 0. The van der Waals surface area contributed by atoms with Crippen molar-refractivity contribution in [3.05, 3.63) is 77.1 Å². The van der Waals surface area contributed by atoms with E-state index in [0.717, 1.165) is 29.8 Å². The maximum atomic E-state index is 13.9. The molecule has 2 aromatic carbocycles. The van der Waals surface area contributed by atoms with E-state index >= 15 is 0 Å². The van der Waals surface area contributed by atoms with Gasteiger partial charge in [0.1, 0.15) is 17.3 Å². The first kappa shape index (κ1) is 18.0. The molecular weight excluding hydrogens is 362 g/mol. The number of amides is 1. The summed E-state index contributed by atoms with van der Waals surface area (Å²) in [6, 6.07) is 12.5. The van der Waals surface area contributed by atoms with E-state index in [2.05, 4.69) is 15.3 Å². The van der Waals surface area contributed by atoms with Gasteiger partial charge in [0.15, 0.2) is 0 Å². The van der Waals surface area contributed by atoms with Gasteiger partial charge in [0, 0.05) is 23.5 Å². The van der Waals surface area contributed by atoms with Crippen LogP contribution >= 0.6 is 0 Å². The van der Waals surface area contributed by atoms with Crippen LogP contribution < -0.4 is 10.2 Å². The van der Waals surface area contributed by atoms with Crippen LogP contribution in [0.3, 0.4) is 0 Å². The Balaban J connectivity index is 1.66. The lowest BCUT2D eigenvalue weighted by atomic mass is 10.1. The third-order valence-corrected chi connectivity index (χ3v) is 4.68. The van der Waals surface area contributed by atoms with Crippen molar-refractivity contribution in [3.8, 4) is 0 Å². The molecule has 7 heteroatoms. The molecule has 5 nitrogen and oxygen atoms in total. The normalized spacial score (nSPS) is 15.4. The topological polar surface area (TPSA) is 58.1 Å². The van der Waals surface area contributed by atoms with Crippen molar-refractivity contribution in [2.24, 2.45) is 0 Å². The van der Waals surface area contributed by atoms with Crippen LogP contribution in [-0.4, -0.2) is 21.9 Å². The van der Waals surface area contributed by atoms with Gasteiger partial charge in [0.25, 0.3) is 5.91 Å². The number of aromatic nitrogens is 2. The molecular formula is C21H18F2N4O. The number of halogens is 2. The molecule has 0 saturated carbocycles. The van der Waals surface area contributed by atoms with Gasteiger partial charge in [-0.3, -0.25) is 4.79 Å². The summed E-state index contributed by atoms with van der Waals surface area (Å²) in [5, 5.41) is 2.72. The summed E-state index contributed by atoms with van der Waals surface area (Å²) in [4.78, 5) is 23.4. The molecule has 1 unspecified atom stereocenters. The fraction of sp³-hybridized carbons (Fsp3) is 0.190. The maximum absolute atomic E-state index is 13.9. The van der Waals surface area contributed by atoms with Crippen LogP contribution in [0.1, 0.15) is 28.7 Å². The third kappa shape index (κ3) is 3.31. The third-order valence-electron chi connectivity index (χ3n) is 4.68. The monoisotopic (exact) mass is 380 g/mol. The Labute approximate surface area is 161 Å². The minimum atomic E-state index is -0.764. The molecule has 4 rings (SSSR count). The molecule has 142 valence electrons. The van der Waals surface area contributed by atoms with Gasteiger partial charge in [-0.1, -0.05) is 18.2 Å². The van der Waals surface area contributed by atoms with Gasteiger partial charge in [0.2, 0.25) is 5.95 Å². The summed E-state index contributed by atoms with van der Waals surface area (Å²) < 4.78 is 27.0. The summed E-state index contributed by atoms with van der Waals surface area (Å²) in [5.74, 6) is -1.61. The molecule has 1 amide bonds. The van der Waals surface area contributed by atoms with Crippen molar-refractivity contribution < 1.29 is 13.6 Å². The highest BCUT2D eigenvalue weighted by molar-refractivity contribution is 6.06. The van der Waals surface area contributed by atoms with Crippen molar-refractivity contribution in [3.63, 3.8) is 0 Å². The number of hydrogen-bond acceptors (Lipinski definition) is 4. The predicted molar refractivity (Wildman–Crippen MR) is 103 cm³/mol. The highest BCUT2D eigenvalue weighted by Crippen LogP contribution is 2.33. The Bertz CT molecular complexity index is 1070. The molecule has 0 radical (unpaired) electrons. The van der Waals surface area contributed by atoms with Gasteiger partial charge in [-0.25, -0.2) is 18.7 Å². The summed E-state index contributed by atoms with van der Waals surface area (Å²) in [6.45, 7) is 3.71. The van der Waals surface area contributed by atoms with Crippen LogP contribution in [0.4, 0.5) is 26.1 Å². The molecule has 1 aromatic heterocycles. The Kier molecular flexibility index (Phi) is 4.50. The Morgan fingerprint density at radius 3 is 2.71 bits per heavy atom. The fourth-order valence-corrected chi connectivity index (χ4v) is 3.44. The molecule has 1 aliphatic heterocycles. The average molecular weight is 380 g/mol. The van der Waals surface area contributed by atoms with E-state index in [4.69, 9.17) is 0 Å². The number of carbonyl (C=O) groups is 1. The lowest BCUT2D eigenvalue weighted by molar-refractivity contribution is 0.0976. The van der Waals surface area contributed by atoms with E-state index in [1.54, 1.807) is 17.9 Å². The first-order valence-corrected chi connectivity index (χ1v) is 8.91. The first-order valence-electron chi connectivity index (χ1n) is 8.91. The van der Waals surface area contributed by atoms with Gasteiger partial charge < -0.3 is 10.2 Å². The minimum absolute atomic E-state index is 0.00567. The zero-order valence-corrected chi connectivity index (χ0v) is 15.4. The molecule has 0 aliphatic carbocycles. The molecule has 3 aromatic rings. The van der Waals surface area contributed by atoms with Crippen LogP contribution in [0, 0.1) is 18.6 Å². The summed E-state index contributed by atoms with van der Waals surface area (Å²) in [5.41, 5.74) is 2.78. The largest absolute Gasteiger partial charge is 0.322 e. The Hall–Kier alpha value is -3.35. The standard InChI is InChI=1S/C21H18F2N4O/c1-12-9-18(20(28)27-13(2)10-14-5-3-4-6-19(14)27)26-21(24-12)25-17-8-7-15(22)11-16(17)23/h3-9,11,13H,10H2,1-2H3,(H,24,25,26). The van der Waals surface area contributed by atoms with Gasteiger partial charge >= 0.3 is 0 Å². The second kappa shape index (κ2) is 6.99. The number of anilines is 3. The number of nitrogens with one attached hydrogen (secondary N) is 1. The number of aryl methyl sites for hydroxylation is 1. The number of nitrogens with zero attached hydrogens (tertiary/aromatic N) is 3. The molecule has 0 saturated heterocycles. The molecule has 0 bridgehead atoms. The zero-order valence-electron chi connectivity index (χ0n) is 15.4. The molecule has 2 heterocycles. The minimum Gasteiger partial charge on any atom is -0.322 e. The number of rotatable bonds is 3. The molecule has 28 heavy (non-hydrogen) atoms. The van der Waals surface area contributed by atoms with Gasteiger partial charge in [-0.05, 0) is 50.1 Å². The van der Waals surface area contributed by atoms with Crippen molar-refractivity contribution in [1.82, 2.24) is 9.97 Å². The Morgan fingerprint density at radius 1 is 1.14 bits per heavy atom. The second-order valence-corrected chi connectivity index (χ2v) is 6.82. The molecule has 1 atom stereocenters. The van der Waals surface area contributed by atoms with Crippen molar-refractivity contribution in [2.75, 3.05) is 10.2 Å². The van der Waals surface area contributed by atoms with E-state index in [-0.39, 0.29) is 29.3 Å². The van der Waals surface area contributed by atoms with E-state index < -0.39 is 11.6 Å². The highest BCUT2D eigenvalue weighted by Gasteiger charge is 2.32. The number of fused-ring (bicyclic) bond motifs is 1. The van der Waals surface area contributed by atoms with E-state index in [0.29, 0.717) is 5.69 Å². The lowest BCUT2D eigenvalue weighted by Gasteiger charge is -2.22. The predicted octanol–water partition coefficient (Wildman–Crippen LogP) is 4.40. The number of hydrogen-bond donors (Lipinski definition) is 1. The molecule has 1 N–H and O–H groups in total. The van der Waals surface area contributed by atoms with E-state index in [1.165, 1.54) is 6.07 Å². The number of carbonyl (C=O) groups excluding carboxylic acids is 1. The smallest absolute Gasteiger partial charge is 0.277 e. The number of para-hydroxylation sites is 1. The highest BCUT2D eigenvalue weighted by atomic mass is 19.1. The Morgan fingerprint density at radius 2 is 1.93 bits per heavy atom. The lowest BCUT2D eigenvalue weighted by Crippen LogP contribution is -2.36. The van der Waals surface area contributed by atoms with Gasteiger partial charge in [0.05, 0.1) is 5.69 Å². The van der Waals surface area contributed by atoms with Crippen molar-refractivity contribution >= 4 is 23.2 Å². The number of benzene rings is 2. The van der Waals surface area contributed by atoms with Crippen LogP contribution in [-0.2, 0) is 6.42 Å². The molecule has 1 aliphatic rings. The van der Waals surface area contributed by atoms with Crippen LogP contribution in [0.2, 0.25) is 0 Å². The first-order chi connectivity index (χ1) is 13.4. The summed E-state index contributed by atoms with van der Waals surface area (Å²) in [7, 11) is 0. The van der Waals surface area contributed by atoms with Gasteiger partial charge in [-0.15, -0.1) is 0 Å². The SMILES string of the molecule is Cc1cc(C(=O)N2c3ccccc3CC2C)nc(Nc2ccc(F)cc2F)n1. The molecule has 0 fully saturated rings. The van der Waals surface area contributed by atoms with Gasteiger partial charge in [-0.2, -0.15) is 0 Å².